The first-order chi connectivity index (χ1) is 18.9. The predicted octanol–water partition coefficient (Wildman–Crippen LogP) is 5.02. The van der Waals surface area contributed by atoms with E-state index in [1.165, 1.54) is 28.2 Å². The molecular formula is C29H30N4O4S2. The Bertz CT molecular complexity index is 1440. The molecule has 1 atom stereocenters. The van der Waals surface area contributed by atoms with Crippen LogP contribution >= 0.6 is 11.8 Å². The van der Waals surface area contributed by atoms with E-state index in [4.69, 9.17) is 4.99 Å². The number of para-hydroxylation sites is 1. The molecule has 2 saturated heterocycles. The van der Waals surface area contributed by atoms with Gasteiger partial charge in [0.15, 0.2) is 5.17 Å². The second-order valence-corrected chi connectivity index (χ2v) is 12.6. The lowest BCUT2D eigenvalue weighted by atomic mass is 10.2. The van der Waals surface area contributed by atoms with Gasteiger partial charge in [-0.1, -0.05) is 66.7 Å². The Kier molecular flexibility index (Phi) is 8.44. The molecule has 8 nitrogen and oxygen atoms in total. The summed E-state index contributed by atoms with van der Waals surface area (Å²) in [6.45, 7) is 1.43. The maximum atomic E-state index is 13.4. The lowest BCUT2D eigenvalue weighted by Crippen LogP contribution is -2.35. The summed E-state index contributed by atoms with van der Waals surface area (Å²) >= 11 is 1.28. The lowest BCUT2D eigenvalue weighted by Gasteiger charge is -2.25. The van der Waals surface area contributed by atoms with Crippen LogP contribution in [-0.4, -0.2) is 52.9 Å². The Morgan fingerprint density at radius 3 is 2.21 bits per heavy atom. The molecule has 10 heteroatoms. The third-order valence-corrected chi connectivity index (χ3v) is 9.73. The number of sulfonamides is 1. The first-order valence-corrected chi connectivity index (χ1v) is 15.3. The topological polar surface area (TPSA) is 99.1 Å². The molecule has 0 bridgehead atoms. The molecule has 0 radical (unpaired) electrons. The number of amidine groups is 1. The van der Waals surface area contributed by atoms with Gasteiger partial charge in [-0.3, -0.25) is 14.5 Å². The van der Waals surface area contributed by atoms with Gasteiger partial charge in [0.25, 0.3) is 0 Å². The molecule has 2 aliphatic rings. The van der Waals surface area contributed by atoms with Crippen molar-refractivity contribution in [2.24, 2.45) is 4.99 Å². The molecule has 39 heavy (non-hydrogen) atoms. The summed E-state index contributed by atoms with van der Waals surface area (Å²) in [5.74, 6) is -0.496. The van der Waals surface area contributed by atoms with Crippen molar-refractivity contribution in [2.75, 3.05) is 18.4 Å². The van der Waals surface area contributed by atoms with Crippen molar-refractivity contribution in [3.8, 4) is 0 Å². The zero-order valence-electron chi connectivity index (χ0n) is 21.4. The maximum absolute atomic E-state index is 13.4. The number of nitrogens with zero attached hydrogens (tertiary/aromatic N) is 3. The SMILES string of the molecule is O=C(CC1SC(=Nc2ccccc2)N(Cc2ccccc2)C1=O)Nc1ccc(S(=O)(=O)N2CCCCC2)cc1. The van der Waals surface area contributed by atoms with Crippen molar-refractivity contribution >= 4 is 50.1 Å². The van der Waals surface area contributed by atoms with E-state index in [0.29, 0.717) is 30.5 Å². The summed E-state index contributed by atoms with van der Waals surface area (Å²) in [5, 5.41) is 2.75. The molecule has 2 aliphatic heterocycles. The second-order valence-electron chi connectivity index (χ2n) is 9.49. The fourth-order valence-corrected chi connectivity index (χ4v) is 7.27. The van der Waals surface area contributed by atoms with Crippen molar-refractivity contribution in [1.29, 1.82) is 0 Å². The number of nitrogens with one attached hydrogen (secondary N) is 1. The standard InChI is InChI=1S/C29H30N4O4S2/c34-27(30-24-14-16-25(17-15-24)39(36,37)32-18-8-3-9-19-32)20-26-28(35)33(21-22-10-4-1-5-11-22)29(38-26)31-23-12-6-2-7-13-23/h1-2,4-7,10-17,26H,3,8-9,18-21H2,(H,30,34). The quantitative estimate of drug-likeness (QED) is 0.416. The van der Waals surface area contributed by atoms with Gasteiger partial charge in [0, 0.05) is 25.2 Å². The minimum absolute atomic E-state index is 0.0313. The van der Waals surface area contributed by atoms with Crippen molar-refractivity contribution < 1.29 is 18.0 Å². The maximum Gasteiger partial charge on any atom is 0.243 e. The third-order valence-electron chi connectivity index (χ3n) is 6.65. The molecule has 2 heterocycles. The van der Waals surface area contributed by atoms with Crippen LogP contribution in [0.2, 0.25) is 0 Å². The fourth-order valence-electron chi connectivity index (χ4n) is 4.59. The van der Waals surface area contributed by atoms with Gasteiger partial charge in [-0.25, -0.2) is 13.4 Å². The summed E-state index contributed by atoms with van der Waals surface area (Å²) in [5.41, 5.74) is 2.18. The summed E-state index contributed by atoms with van der Waals surface area (Å²) < 4.78 is 27.3. The number of hydrogen-bond donors (Lipinski definition) is 1. The van der Waals surface area contributed by atoms with Gasteiger partial charge in [-0.15, -0.1) is 0 Å². The van der Waals surface area contributed by atoms with Crippen LogP contribution < -0.4 is 5.32 Å². The third kappa shape index (κ3) is 6.58. The Morgan fingerprint density at radius 2 is 1.54 bits per heavy atom. The fraction of sp³-hybridized carbons (Fsp3) is 0.276. The zero-order valence-corrected chi connectivity index (χ0v) is 23.0. The van der Waals surface area contributed by atoms with Crippen LogP contribution in [0, 0.1) is 0 Å². The van der Waals surface area contributed by atoms with E-state index < -0.39 is 15.3 Å². The van der Waals surface area contributed by atoms with Gasteiger partial charge < -0.3 is 5.32 Å². The van der Waals surface area contributed by atoms with Crippen LogP contribution in [0.5, 0.6) is 0 Å². The Labute approximate surface area is 233 Å². The molecule has 2 amide bonds. The minimum Gasteiger partial charge on any atom is -0.326 e. The summed E-state index contributed by atoms with van der Waals surface area (Å²) in [6, 6.07) is 25.3. The smallest absolute Gasteiger partial charge is 0.243 e. The van der Waals surface area contributed by atoms with Crippen molar-refractivity contribution in [3.63, 3.8) is 0 Å². The second kappa shape index (κ2) is 12.1. The normalized spacial score (nSPS) is 19.4. The molecule has 0 aromatic heterocycles. The highest BCUT2D eigenvalue weighted by atomic mass is 32.2. The number of hydrogen-bond acceptors (Lipinski definition) is 6. The minimum atomic E-state index is -3.54. The molecule has 0 saturated carbocycles. The highest BCUT2D eigenvalue weighted by molar-refractivity contribution is 8.15. The number of anilines is 1. The predicted molar refractivity (Wildman–Crippen MR) is 154 cm³/mol. The molecule has 0 aliphatic carbocycles. The molecular weight excluding hydrogens is 532 g/mol. The van der Waals surface area contributed by atoms with E-state index in [-0.39, 0.29) is 23.1 Å². The van der Waals surface area contributed by atoms with E-state index in [0.717, 1.165) is 30.5 Å². The molecule has 0 spiro atoms. The number of carbonyl (C=O) groups is 2. The van der Waals surface area contributed by atoms with Crippen LogP contribution in [0.4, 0.5) is 11.4 Å². The number of aliphatic imine (C=N–C) groups is 1. The molecule has 3 aromatic rings. The van der Waals surface area contributed by atoms with Crippen molar-refractivity contribution in [2.45, 2.75) is 42.4 Å². The van der Waals surface area contributed by atoms with Crippen molar-refractivity contribution in [3.05, 3.63) is 90.5 Å². The summed E-state index contributed by atoms with van der Waals surface area (Å²) in [6.07, 6.45) is 2.75. The van der Waals surface area contributed by atoms with Gasteiger partial charge in [-0.05, 0) is 54.8 Å². The lowest BCUT2D eigenvalue weighted by molar-refractivity contribution is -0.128. The monoisotopic (exact) mass is 562 g/mol. The number of rotatable bonds is 8. The van der Waals surface area contributed by atoms with Gasteiger partial charge in [0.1, 0.15) is 5.25 Å². The molecule has 2 fully saturated rings. The number of piperidine rings is 1. The number of thioether (sulfide) groups is 1. The zero-order chi connectivity index (χ0) is 27.2. The van der Waals surface area contributed by atoms with Crippen LogP contribution in [0.3, 0.4) is 0 Å². The van der Waals surface area contributed by atoms with Crippen LogP contribution in [-0.2, 0) is 26.2 Å². The van der Waals surface area contributed by atoms with Crippen molar-refractivity contribution in [1.82, 2.24) is 9.21 Å². The largest absolute Gasteiger partial charge is 0.326 e. The van der Waals surface area contributed by atoms with Gasteiger partial charge >= 0.3 is 0 Å². The first kappa shape index (κ1) is 27.1. The Balaban J connectivity index is 1.26. The van der Waals surface area contributed by atoms with Crippen LogP contribution in [0.1, 0.15) is 31.2 Å². The van der Waals surface area contributed by atoms with E-state index in [1.54, 1.807) is 17.0 Å². The molecule has 202 valence electrons. The summed E-state index contributed by atoms with van der Waals surface area (Å²) in [7, 11) is -3.54. The van der Waals surface area contributed by atoms with Gasteiger partial charge in [0.2, 0.25) is 21.8 Å². The highest BCUT2D eigenvalue weighted by Crippen LogP contribution is 2.33. The summed E-state index contributed by atoms with van der Waals surface area (Å²) in [4.78, 5) is 32.8. The molecule has 1 N–H and O–H groups in total. The van der Waals surface area contributed by atoms with Gasteiger partial charge in [0.05, 0.1) is 17.1 Å². The van der Waals surface area contributed by atoms with E-state index in [2.05, 4.69) is 5.32 Å². The number of carbonyl (C=O) groups excluding carboxylic acids is 2. The van der Waals surface area contributed by atoms with E-state index in [9.17, 15) is 18.0 Å². The van der Waals surface area contributed by atoms with E-state index in [1.807, 2.05) is 60.7 Å². The van der Waals surface area contributed by atoms with E-state index >= 15 is 0 Å². The van der Waals surface area contributed by atoms with Crippen LogP contribution in [0.25, 0.3) is 0 Å². The van der Waals surface area contributed by atoms with Crippen LogP contribution in [0.15, 0.2) is 94.8 Å². The average Bonchev–Trinajstić information content (AvgIpc) is 3.23. The molecule has 3 aromatic carbocycles. The Morgan fingerprint density at radius 1 is 0.897 bits per heavy atom. The molecule has 5 rings (SSSR count). The average molecular weight is 563 g/mol. The highest BCUT2D eigenvalue weighted by Gasteiger charge is 2.39. The molecule has 1 unspecified atom stereocenters. The first-order valence-electron chi connectivity index (χ1n) is 13.0. The Hall–Kier alpha value is -3.47. The number of benzene rings is 3. The van der Waals surface area contributed by atoms with Gasteiger partial charge in [-0.2, -0.15) is 4.31 Å². The number of amides is 2.